The third-order valence-corrected chi connectivity index (χ3v) is 1.08. The van der Waals surface area contributed by atoms with Gasteiger partial charge in [0.1, 0.15) is 0 Å². The molecule has 0 unspecified atom stereocenters. The molecule has 0 aliphatic carbocycles. The quantitative estimate of drug-likeness (QED) is 0.447. The first-order chi connectivity index (χ1) is 5.31. The van der Waals surface area contributed by atoms with E-state index in [1.807, 2.05) is 0 Å². The van der Waals surface area contributed by atoms with Gasteiger partial charge in [0.25, 0.3) is 0 Å². The summed E-state index contributed by atoms with van der Waals surface area (Å²) >= 11 is 0. The molecule has 0 saturated carbocycles. The standard InChI is InChI=1S/C6H15N3O2/c1-11-6(10)9-5-4-8-3-2-7/h8H,2-5,7H2,1H3,(H,9,10). The van der Waals surface area contributed by atoms with Crippen molar-refractivity contribution in [2.75, 3.05) is 33.3 Å². The van der Waals surface area contributed by atoms with Gasteiger partial charge >= 0.3 is 6.09 Å². The zero-order valence-corrected chi connectivity index (χ0v) is 6.72. The van der Waals surface area contributed by atoms with Crippen molar-refractivity contribution in [3.05, 3.63) is 0 Å². The number of hydrogen-bond acceptors (Lipinski definition) is 4. The van der Waals surface area contributed by atoms with E-state index in [4.69, 9.17) is 5.73 Å². The van der Waals surface area contributed by atoms with Crippen LogP contribution in [0.5, 0.6) is 0 Å². The van der Waals surface area contributed by atoms with E-state index in [1.54, 1.807) is 0 Å². The van der Waals surface area contributed by atoms with Crippen LogP contribution in [0.15, 0.2) is 0 Å². The molecule has 0 bridgehead atoms. The molecule has 11 heavy (non-hydrogen) atoms. The third kappa shape index (κ3) is 7.08. The summed E-state index contributed by atoms with van der Waals surface area (Å²) in [5.74, 6) is 0. The topological polar surface area (TPSA) is 76.4 Å². The molecule has 0 rings (SSSR count). The van der Waals surface area contributed by atoms with Crippen LogP contribution in [-0.2, 0) is 4.74 Å². The number of alkyl carbamates (subject to hydrolysis) is 1. The van der Waals surface area contributed by atoms with Crippen LogP contribution in [0.25, 0.3) is 0 Å². The monoisotopic (exact) mass is 161 g/mol. The first-order valence-corrected chi connectivity index (χ1v) is 3.54. The minimum absolute atomic E-state index is 0.403. The molecule has 66 valence electrons. The summed E-state index contributed by atoms with van der Waals surface area (Å²) in [6.07, 6.45) is -0.403. The second-order valence-electron chi connectivity index (χ2n) is 1.96. The van der Waals surface area contributed by atoms with E-state index < -0.39 is 6.09 Å². The van der Waals surface area contributed by atoms with Gasteiger partial charge in [0.05, 0.1) is 7.11 Å². The zero-order valence-electron chi connectivity index (χ0n) is 6.72. The highest BCUT2D eigenvalue weighted by Crippen LogP contribution is 1.68. The van der Waals surface area contributed by atoms with Crippen LogP contribution in [0, 0.1) is 0 Å². The number of rotatable bonds is 5. The minimum atomic E-state index is -0.403. The molecule has 0 heterocycles. The molecule has 0 atom stereocenters. The van der Waals surface area contributed by atoms with Gasteiger partial charge in [-0.2, -0.15) is 0 Å². The molecule has 5 heteroatoms. The number of ether oxygens (including phenoxy) is 1. The number of carbonyl (C=O) groups excluding carboxylic acids is 1. The largest absolute Gasteiger partial charge is 0.453 e. The van der Waals surface area contributed by atoms with Crippen molar-refractivity contribution in [2.24, 2.45) is 5.73 Å². The molecule has 0 fully saturated rings. The molecular formula is C6H15N3O2. The Morgan fingerprint density at radius 3 is 2.73 bits per heavy atom. The van der Waals surface area contributed by atoms with Gasteiger partial charge in [-0.3, -0.25) is 0 Å². The van der Waals surface area contributed by atoms with E-state index in [0.717, 1.165) is 6.54 Å². The molecule has 0 radical (unpaired) electrons. The minimum Gasteiger partial charge on any atom is -0.453 e. The predicted molar refractivity (Wildman–Crippen MR) is 42.3 cm³/mol. The van der Waals surface area contributed by atoms with E-state index in [1.165, 1.54) is 7.11 Å². The lowest BCUT2D eigenvalue weighted by atomic mass is 10.5. The Morgan fingerprint density at radius 1 is 1.45 bits per heavy atom. The Labute approximate surface area is 66.3 Å². The lowest BCUT2D eigenvalue weighted by Gasteiger charge is -2.03. The van der Waals surface area contributed by atoms with E-state index in [0.29, 0.717) is 19.6 Å². The molecule has 1 amide bonds. The smallest absolute Gasteiger partial charge is 0.406 e. The van der Waals surface area contributed by atoms with E-state index >= 15 is 0 Å². The van der Waals surface area contributed by atoms with E-state index in [2.05, 4.69) is 15.4 Å². The number of amides is 1. The molecule has 0 aromatic carbocycles. The Hall–Kier alpha value is -0.810. The lowest BCUT2D eigenvalue weighted by molar-refractivity contribution is 0.171. The van der Waals surface area contributed by atoms with Gasteiger partial charge in [-0.15, -0.1) is 0 Å². The number of nitrogens with one attached hydrogen (secondary N) is 2. The number of hydrogen-bond donors (Lipinski definition) is 3. The van der Waals surface area contributed by atoms with E-state index in [9.17, 15) is 4.79 Å². The summed E-state index contributed by atoms with van der Waals surface area (Å²) < 4.78 is 4.35. The van der Waals surface area contributed by atoms with Crippen LogP contribution in [0.1, 0.15) is 0 Å². The first kappa shape index (κ1) is 10.2. The normalized spacial score (nSPS) is 9.27. The highest BCUT2D eigenvalue weighted by atomic mass is 16.5. The van der Waals surface area contributed by atoms with Crippen molar-refractivity contribution in [1.29, 1.82) is 0 Å². The number of methoxy groups -OCH3 is 1. The van der Waals surface area contributed by atoms with Crippen LogP contribution in [-0.4, -0.2) is 39.4 Å². The van der Waals surface area contributed by atoms with Crippen molar-refractivity contribution in [1.82, 2.24) is 10.6 Å². The summed E-state index contributed by atoms with van der Waals surface area (Å²) in [7, 11) is 1.34. The molecule has 5 nitrogen and oxygen atoms in total. The fourth-order valence-electron chi connectivity index (χ4n) is 0.552. The molecule has 0 saturated heterocycles. The van der Waals surface area contributed by atoms with Gasteiger partial charge in [-0.1, -0.05) is 0 Å². The number of carbonyl (C=O) groups is 1. The van der Waals surface area contributed by atoms with Gasteiger partial charge < -0.3 is 21.1 Å². The van der Waals surface area contributed by atoms with Gasteiger partial charge in [0, 0.05) is 26.2 Å². The van der Waals surface area contributed by atoms with Crippen LogP contribution >= 0.6 is 0 Å². The fraction of sp³-hybridized carbons (Fsp3) is 0.833. The van der Waals surface area contributed by atoms with Gasteiger partial charge in [-0.05, 0) is 0 Å². The lowest BCUT2D eigenvalue weighted by Crippen LogP contribution is -2.33. The summed E-state index contributed by atoms with van der Waals surface area (Å²) in [6.45, 7) is 2.65. The average Bonchev–Trinajstić information content (AvgIpc) is 2.04. The molecular weight excluding hydrogens is 146 g/mol. The van der Waals surface area contributed by atoms with Crippen molar-refractivity contribution in [3.63, 3.8) is 0 Å². The highest BCUT2D eigenvalue weighted by molar-refractivity contribution is 5.66. The average molecular weight is 161 g/mol. The third-order valence-electron chi connectivity index (χ3n) is 1.08. The first-order valence-electron chi connectivity index (χ1n) is 3.54. The maximum Gasteiger partial charge on any atom is 0.406 e. The van der Waals surface area contributed by atoms with Gasteiger partial charge in [-0.25, -0.2) is 4.79 Å². The summed E-state index contributed by atoms with van der Waals surface area (Å²) in [5, 5.41) is 5.55. The second kappa shape index (κ2) is 7.30. The van der Waals surface area contributed by atoms with Crippen LogP contribution in [0.4, 0.5) is 4.79 Å². The fourth-order valence-corrected chi connectivity index (χ4v) is 0.552. The SMILES string of the molecule is COC(=O)NCCNCCN. The second-order valence-corrected chi connectivity index (χ2v) is 1.96. The summed E-state index contributed by atoms with van der Waals surface area (Å²) in [6, 6.07) is 0. The van der Waals surface area contributed by atoms with Crippen LogP contribution in [0.2, 0.25) is 0 Å². The maximum absolute atomic E-state index is 10.5. The van der Waals surface area contributed by atoms with Crippen molar-refractivity contribution in [3.8, 4) is 0 Å². The van der Waals surface area contributed by atoms with Crippen molar-refractivity contribution in [2.45, 2.75) is 0 Å². The van der Waals surface area contributed by atoms with Crippen LogP contribution < -0.4 is 16.4 Å². The van der Waals surface area contributed by atoms with Crippen molar-refractivity contribution >= 4 is 6.09 Å². The maximum atomic E-state index is 10.5. The Bertz CT molecular complexity index is 108. The summed E-state index contributed by atoms with van der Waals surface area (Å²) in [4.78, 5) is 10.5. The summed E-state index contributed by atoms with van der Waals surface area (Å²) in [5.41, 5.74) is 5.22. The Morgan fingerprint density at radius 2 is 2.18 bits per heavy atom. The molecule has 0 aromatic rings. The van der Waals surface area contributed by atoms with E-state index in [-0.39, 0.29) is 0 Å². The Balaban J connectivity index is 2.95. The van der Waals surface area contributed by atoms with Gasteiger partial charge in [0.15, 0.2) is 0 Å². The predicted octanol–water partition coefficient (Wildman–Crippen LogP) is -1.11. The Kier molecular flexibility index (Phi) is 6.76. The molecule has 0 aromatic heterocycles. The molecule has 0 spiro atoms. The van der Waals surface area contributed by atoms with Crippen LogP contribution in [0.3, 0.4) is 0 Å². The molecule has 4 N–H and O–H groups in total. The zero-order chi connectivity index (χ0) is 8.53. The molecule has 0 aliphatic heterocycles. The van der Waals surface area contributed by atoms with Crippen molar-refractivity contribution < 1.29 is 9.53 Å². The molecule has 0 aliphatic rings. The van der Waals surface area contributed by atoms with Gasteiger partial charge in [0.2, 0.25) is 0 Å². The number of nitrogens with two attached hydrogens (primary N) is 1. The highest BCUT2D eigenvalue weighted by Gasteiger charge is 1.94.